The van der Waals surface area contributed by atoms with Gasteiger partial charge in [-0.25, -0.2) is 4.90 Å². The Hall–Kier alpha value is -5.41. The lowest BCUT2D eigenvalue weighted by Crippen LogP contribution is -2.57. The summed E-state index contributed by atoms with van der Waals surface area (Å²) in [5.74, 6) is -4.85. The number of imide groups is 1. The predicted octanol–water partition coefficient (Wildman–Crippen LogP) is 5.28. The van der Waals surface area contributed by atoms with Gasteiger partial charge in [0, 0.05) is 24.6 Å². The minimum atomic E-state index is -1.80. The standard InChI is InChI=1S/C34H27N3O6/c38-31-28-29(32(39)36(31)26-12-7-13-27(20-26)37(42)43)34(33(40)41,21-24-10-5-2-6-11-24)35-30(28)25-18-16-23(17-19-25)15-14-22-8-3-1-4-9-22/h1-20,28-30,35H,21H2,(H,40,41). The van der Waals surface area contributed by atoms with Gasteiger partial charge < -0.3 is 5.11 Å². The zero-order valence-corrected chi connectivity index (χ0v) is 22.9. The van der Waals surface area contributed by atoms with E-state index < -0.39 is 46.1 Å². The van der Waals surface area contributed by atoms with Gasteiger partial charge in [0.2, 0.25) is 11.8 Å². The van der Waals surface area contributed by atoms with Crippen molar-refractivity contribution in [2.24, 2.45) is 11.8 Å². The lowest BCUT2D eigenvalue weighted by Gasteiger charge is -2.31. The van der Waals surface area contributed by atoms with Gasteiger partial charge in [0.25, 0.3) is 5.69 Å². The summed E-state index contributed by atoms with van der Waals surface area (Å²) in [6.07, 6.45) is 3.89. The number of rotatable bonds is 8. The third kappa shape index (κ3) is 5.00. The molecule has 0 saturated carbocycles. The summed E-state index contributed by atoms with van der Waals surface area (Å²) in [4.78, 5) is 53.0. The van der Waals surface area contributed by atoms with Crippen LogP contribution in [-0.4, -0.2) is 33.4 Å². The number of anilines is 1. The summed E-state index contributed by atoms with van der Waals surface area (Å²) in [6, 6.07) is 30.6. The van der Waals surface area contributed by atoms with E-state index in [1.54, 1.807) is 24.3 Å². The summed E-state index contributed by atoms with van der Waals surface area (Å²) >= 11 is 0. The first kappa shape index (κ1) is 27.7. The number of benzene rings is 4. The van der Waals surface area contributed by atoms with E-state index in [4.69, 9.17) is 0 Å². The topological polar surface area (TPSA) is 130 Å². The molecule has 4 unspecified atom stereocenters. The van der Waals surface area contributed by atoms with Crippen LogP contribution in [0.4, 0.5) is 11.4 Å². The highest BCUT2D eigenvalue weighted by Crippen LogP contribution is 2.51. The fourth-order valence-corrected chi connectivity index (χ4v) is 6.21. The number of fused-ring (bicyclic) bond motifs is 1. The normalized spacial score (nSPS) is 23.1. The molecule has 4 aromatic rings. The number of nitrogens with zero attached hydrogens (tertiary/aromatic N) is 2. The molecule has 2 fully saturated rings. The monoisotopic (exact) mass is 573 g/mol. The molecule has 0 radical (unpaired) electrons. The molecule has 2 aliphatic heterocycles. The maximum Gasteiger partial charge on any atom is 0.325 e. The number of carbonyl (C=O) groups is 3. The van der Waals surface area contributed by atoms with Gasteiger partial charge in [-0.2, -0.15) is 0 Å². The second-order valence-corrected chi connectivity index (χ2v) is 10.8. The van der Waals surface area contributed by atoms with E-state index in [-0.39, 0.29) is 17.8 Å². The number of hydrogen-bond acceptors (Lipinski definition) is 6. The summed E-state index contributed by atoms with van der Waals surface area (Å²) in [6.45, 7) is 0. The lowest BCUT2D eigenvalue weighted by molar-refractivity contribution is -0.384. The molecule has 2 saturated heterocycles. The number of carbonyl (C=O) groups excluding carboxylic acids is 2. The zero-order chi connectivity index (χ0) is 30.1. The molecule has 0 aromatic heterocycles. The second kappa shape index (κ2) is 11.1. The molecule has 43 heavy (non-hydrogen) atoms. The van der Waals surface area contributed by atoms with E-state index in [9.17, 15) is 29.6 Å². The van der Waals surface area contributed by atoms with Crippen LogP contribution in [0.3, 0.4) is 0 Å². The smallest absolute Gasteiger partial charge is 0.325 e. The zero-order valence-electron chi connectivity index (χ0n) is 22.9. The van der Waals surface area contributed by atoms with Gasteiger partial charge in [-0.1, -0.05) is 103 Å². The maximum absolute atomic E-state index is 14.1. The number of hydrogen-bond donors (Lipinski definition) is 2. The molecular weight excluding hydrogens is 546 g/mol. The van der Waals surface area contributed by atoms with E-state index in [1.165, 1.54) is 18.2 Å². The number of nitrogens with one attached hydrogen (secondary N) is 1. The lowest BCUT2D eigenvalue weighted by atomic mass is 9.76. The van der Waals surface area contributed by atoms with E-state index in [0.29, 0.717) is 11.1 Å². The van der Waals surface area contributed by atoms with Gasteiger partial charge in [0.1, 0.15) is 5.54 Å². The molecule has 2 N–H and O–H groups in total. The number of carboxylic acids is 1. The highest BCUT2D eigenvalue weighted by Gasteiger charge is 2.68. The third-order valence-electron chi connectivity index (χ3n) is 8.22. The molecule has 6 rings (SSSR count). The van der Waals surface area contributed by atoms with Gasteiger partial charge in [-0.15, -0.1) is 0 Å². The van der Waals surface area contributed by atoms with E-state index in [0.717, 1.165) is 22.1 Å². The summed E-state index contributed by atoms with van der Waals surface area (Å²) in [5, 5.41) is 25.3. The number of nitro benzene ring substituents is 1. The van der Waals surface area contributed by atoms with Crippen LogP contribution in [0.5, 0.6) is 0 Å². The van der Waals surface area contributed by atoms with Gasteiger partial charge in [-0.05, 0) is 28.3 Å². The molecule has 2 heterocycles. The Morgan fingerprint density at radius 3 is 2.12 bits per heavy atom. The summed E-state index contributed by atoms with van der Waals surface area (Å²) < 4.78 is 0. The first-order valence-electron chi connectivity index (χ1n) is 13.8. The molecule has 9 heteroatoms. The summed E-state index contributed by atoms with van der Waals surface area (Å²) in [5.41, 5.74) is 1.25. The average Bonchev–Trinajstić information content (AvgIpc) is 3.50. The van der Waals surface area contributed by atoms with Crippen LogP contribution in [0.15, 0.2) is 109 Å². The molecule has 0 spiro atoms. The molecule has 2 amide bonds. The highest BCUT2D eigenvalue weighted by atomic mass is 16.6. The molecule has 2 aliphatic rings. The molecule has 214 valence electrons. The predicted molar refractivity (Wildman–Crippen MR) is 161 cm³/mol. The minimum absolute atomic E-state index is 0.0396. The van der Waals surface area contributed by atoms with Crippen LogP contribution >= 0.6 is 0 Å². The number of non-ortho nitro benzene ring substituents is 1. The van der Waals surface area contributed by atoms with Gasteiger partial charge in [0.05, 0.1) is 22.4 Å². The first-order valence-corrected chi connectivity index (χ1v) is 13.8. The number of amides is 2. The van der Waals surface area contributed by atoms with Crippen LogP contribution < -0.4 is 10.2 Å². The maximum atomic E-state index is 14.1. The van der Waals surface area contributed by atoms with E-state index in [1.807, 2.05) is 72.8 Å². The fourth-order valence-electron chi connectivity index (χ4n) is 6.21. The quantitative estimate of drug-likeness (QED) is 0.127. The van der Waals surface area contributed by atoms with Gasteiger partial charge >= 0.3 is 5.97 Å². The molecule has 9 nitrogen and oxygen atoms in total. The van der Waals surface area contributed by atoms with Crippen molar-refractivity contribution in [1.82, 2.24) is 5.32 Å². The molecule has 4 aromatic carbocycles. The Morgan fingerprint density at radius 2 is 1.49 bits per heavy atom. The largest absolute Gasteiger partial charge is 0.480 e. The van der Waals surface area contributed by atoms with Crippen LogP contribution in [0.1, 0.15) is 28.3 Å². The fraction of sp³-hybridized carbons (Fsp3) is 0.147. The molecule has 0 bridgehead atoms. The third-order valence-corrected chi connectivity index (χ3v) is 8.22. The Kier molecular flexibility index (Phi) is 7.17. The molecule has 4 atom stereocenters. The molecule has 0 aliphatic carbocycles. The van der Waals surface area contributed by atoms with Crippen molar-refractivity contribution >= 4 is 41.3 Å². The van der Waals surface area contributed by atoms with Gasteiger partial charge in [0.15, 0.2) is 0 Å². The van der Waals surface area contributed by atoms with Crippen molar-refractivity contribution in [2.45, 2.75) is 18.0 Å². The van der Waals surface area contributed by atoms with Crippen LogP contribution in [0.25, 0.3) is 12.2 Å². The molecular formula is C34H27N3O6. The average molecular weight is 574 g/mol. The van der Waals surface area contributed by atoms with Crippen molar-refractivity contribution in [1.29, 1.82) is 0 Å². The Labute approximate surface area is 247 Å². The highest BCUT2D eigenvalue weighted by molar-refractivity contribution is 6.24. The van der Waals surface area contributed by atoms with Crippen LogP contribution in [0.2, 0.25) is 0 Å². The van der Waals surface area contributed by atoms with Gasteiger partial charge in [-0.3, -0.25) is 29.8 Å². The van der Waals surface area contributed by atoms with E-state index in [2.05, 4.69) is 5.32 Å². The Balaban J connectivity index is 1.41. The van der Waals surface area contributed by atoms with Crippen LogP contribution in [0, 0.1) is 22.0 Å². The van der Waals surface area contributed by atoms with Crippen LogP contribution in [-0.2, 0) is 20.8 Å². The van der Waals surface area contributed by atoms with Crippen molar-refractivity contribution < 1.29 is 24.4 Å². The second-order valence-electron chi connectivity index (χ2n) is 10.8. The minimum Gasteiger partial charge on any atom is -0.480 e. The first-order chi connectivity index (χ1) is 20.8. The Morgan fingerprint density at radius 1 is 0.860 bits per heavy atom. The van der Waals surface area contributed by atoms with Crippen molar-refractivity contribution in [2.75, 3.05) is 4.90 Å². The number of aliphatic carboxylic acids is 1. The SMILES string of the molecule is O=C1C2C(c3ccc(C=Cc4ccccc4)cc3)NC(Cc3ccccc3)(C(=O)O)C2C(=O)N1c1cccc([N+](=O)[O-])c1. The van der Waals surface area contributed by atoms with Crippen molar-refractivity contribution in [3.05, 3.63) is 142 Å². The Bertz CT molecular complexity index is 1740. The van der Waals surface area contributed by atoms with Crippen molar-refractivity contribution in [3.63, 3.8) is 0 Å². The number of nitro groups is 1. The summed E-state index contributed by atoms with van der Waals surface area (Å²) in [7, 11) is 0. The van der Waals surface area contributed by atoms with E-state index >= 15 is 0 Å². The van der Waals surface area contributed by atoms with Crippen molar-refractivity contribution in [3.8, 4) is 0 Å². The number of carboxylic acid groups (broad SMARTS) is 1.